The molecule has 0 aliphatic rings. The van der Waals surface area contributed by atoms with E-state index < -0.39 is 11.7 Å². The Kier molecular flexibility index (Phi) is 10.4. The fourth-order valence-electron chi connectivity index (χ4n) is 1.64. The topological polar surface area (TPSA) is 74.8 Å². The summed E-state index contributed by atoms with van der Waals surface area (Å²) < 4.78 is 5.15. The van der Waals surface area contributed by atoms with Gasteiger partial charge < -0.3 is 20.7 Å². The van der Waals surface area contributed by atoms with Crippen molar-refractivity contribution in [1.82, 2.24) is 16.0 Å². The molecule has 21 heavy (non-hydrogen) atoms. The maximum atomic E-state index is 11.4. The Hall–Kier alpha value is -1.46. The summed E-state index contributed by atoms with van der Waals surface area (Å²) in [4.78, 5) is 15.6. The van der Waals surface area contributed by atoms with E-state index in [-0.39, 0.29) is 0 Å². The Morgan fingerprint density at radius 2 is 1.62 bits per heavy atom. The molecule has 124 valence electrons. The maximum absolute atomic E-state index is 11.4. The van der Waals surface area contributed by atoms with Gasteiger partial charge in [-0.05, 0) is 27.2 Å². The molecule has 0 saturated carbocycles. The van der Waals surface area contributed by atoms with Crippen molar-refractivity contribution in [2.24, 2.45) is 4.99 Å². The Morgan fingerprint density at radius 1 is 1.00 bits per heavy atom. The van der Waals surface area contributed by atoms with Gasteiger partial charge in [-0.15, -0.1) is 0 Å². The van der Waals surface area contributed by atoms with Crippen molar-refractivity contribution in [1.29, 1.82) is 0 Å². The van der Waals surface area contributed by atoms with Crippen LogP contribution in [0, 0.1) is 0 Å². The van der Waals surface area contributed by atoms with E-state index in [0.717, 1.165) is 18.9 Å². The minimum atomic E-state index is -0.465. The van der Waals surface area contributed by atoms with Gasteiger partial charge in [0, 0.05) is 26.7 Å². The minimum Gasteiger partial charge on any atom is -0.444 e. The lowest BCUT2D eigenvalue weighted by Crippen LogP contribution is -2.42. The van der Waals surface area contributed by atoms with E-state index >= 15 is 0 Å². The number of hydrogen-bond donors (Lipinski definition) is 3. The quantitative estimate of drug-likeness (QED) is 0.365. The van der Waals surface area contributed by atoms with Gasteiger partial charge in [0.25, 0.3) is 0 Å². The second-order valence-corrected chi connectivity index (χ2v) is 5.92. The lowest BCUT2D eigenvalue weighted by molar-refractivity contribution is 0.0529. The van der Waals surface area contributed by atoms with Crippen LogP contribution in [0.5, 0.6) is 0 Å². The van der Waals surface area contributed by atoms with Crippen molar-refractivity contribution >= 4 is 12.1 Å². The summed E-state index contributed by atoms with van der Waals surface area (Å²) >= 11 is 0. The molecule has 0 rings (SSSR count). The van der Waals surface area contributed by atoms with Gasteiger partial charge in [-0.3, -0.25) is 4.99 Å². The van der Waals surface area contributed by atoms with Crippen LogP contribution in [0.3, 0.4) is 0 Å². The van der Waals surface area contributed by atoms with Crippen LogP contribution in [0.2, 0.25) is 0 Å². The van der Waals surface area contributed by atoms with Crippen molar-refractivity contribution < 1.29 is 9.53 Å². The van der Waals surface area contributed by atoms with Gasteiger partial charge in [0.15, 0.2) is 5.96 Å². The van der Waals surface area contributed by atoms with Crippen LogP contribution in [-0.2, 0) is 4.74 Å². The summed E-state index contributed by atoms with van der Waals surface area (Å²) in [6, 6.07) is 0. The van der Waals surface area contributed by atoms with Gasteiger partial charge in [-0.2, -0.15) is 0 Å². The molecule has 1 amide bonds. The molecule has 0 aromatic rings. The minimum absolute atomic E-state index is 0.396. The van der Waals surface area contributed by atoms with Gasteiger partial charge in [-0.25, -0.2) is 4.79 Å². The number of rotatable bonds is 8. The van der Waals surface area contributed by atoms with E-state index in [0.29, 0.717) is 13.1 Å². The SMILES string of the molecule is CCCCCCNC(=NC)NCCNC(=O)OC(C)(C)C. The number of hydrogen-bond acceptors (Lipinski definition) is 3. The first-order valence-corrected chi connectivity index (χ1v) is 7.80. The number of alkyl carbamates (subject to hydrolysis) is 1. The molecule has 0 atom stereocenters. The van der Waals surface area contributed by atoms with Crippen LogP contribution >= 0.6 is 0 Å². The number of carbonyl (C=O) groups excluding carboxylic acids is 1. The fraction of sp³-hybridized carbons (Fsp3) is 0.867. The molecule has 6 nitrogen and oxygen atoms in total. The van der Waals surface area contributed by atoms with Gasteiger partial charge >= 0.3 is 6.09 Å². The molecule has 0 aliphatic carbocycles. The summed E-state index contributed by atoms with van der Waals surface area (Å²) in [6.07, 6.45) is 4.49. The molecule has 6 heteroatoms. The smallest absolute Gasteiger partial charge is 0.407 e. The first-order valence-electron chi connectivity index (χ1n) is 7.80. The predicted molar refractivity (Wildman–Crippen MR) is 87.7 cm³/mol. The number of nitrogens with zero attached hydrogens (tertiary/aromatic N) is 1. The summed E-state index contributed by atoms with van der Waals surface area (Å²) in [5.74, 6) is 0.762. The van der Waals surface area contributed by atoms with Crippen LogP contribution in [0.15, 0.2) is 4.99 Å². The number of nitrogens with one attached hydrogen (secondary N) is 3. The molecular weight excluding hydrogens is 268 g/mol. The van der Waals surface area contributed by atoms with Crippen molar-refractivity contribution in [2.75, 3.05) is 26.7 Å². The second-order valence-electron chi connectivity index (χ2n) is 5.92. The Balaban J connectivity index is 3.66. The standard InChI is InChI=1S/C15H32N4O2/c1-6-7-8-9-10-17-13(16-5)18-11-12-19-14(20)21-15(2,3)4/h6-12H2,1-5H3,(H,19,20)(H2,16,17,18). The Morgan fingerprint density at radius 3 is 2.19 bits per heavy atom. The molecular formula is C15H32N4O2. The average Bonchev–Trinajstić information content (AvgIpc) is 2.39. The zero-order valence-corrected chi connectivity index (χ0v) is 14.2. The Labute approximate surface area is 129 Å². The third-order valence-corrected chi connectivity index (χ3v) is 2.63. The number of amides is 1. The predicted octanol–water partition coefficient (Wildman–Crippen LogP) is 2.26. The van der Waals surface area contributed by atoms with E-state index in [1.54, 1.807) is 7.05 Å². The normalized spacial score (nSPS) is 12.0. The molecule has 0 saturated heterocycles. The second kappa shape index (κ2) is 11.2. The number of guanidine groups is 1. The molecule has 0 aliphatic heterocycles. The molecule has 0 radical (unpaired) electrons. The molecule has 0 unspecified atom stereocenters. The lowest BCUT2D eigenvalue weighted by atomic mass is 10.2. The third kappa shape index (κ3) is 13.3. The van der Waals surface area contributed by atoms with Crippen LogP contribution < -0.4 is 16.0 Å². The number of unbranched alkanes of at least 4 members (excludes halogenated alkanes) is 3. The molecule has 3 N–H and O–H groups in total. The van der Waals surface area contributed by atoms with Crippen LogP contribution in [0.4, 0.5) is 4.79 Å². The van der Waals surface area contributed by atoms with Crippen molar-refractivity contribution in [3.05, 3.63) is 0 Å². The van der Waals surface area contributed by atoms with Crippen LogP contribution in [0.25, 0.3) is 0 Å². The van der Waals surface area contributed by atoms with E-state index in [2.05, 4.69) is 27.9 Å². The lowest BCUT2D eigenvalue weighted by Gasteiger charge is -2.19. The third-order valence-electron chi connectivity index (χ3n) is 2.63. The highest BCUT2D eigenvalue weighted by molar-refractivity contribution is 5.79. The van der Waals surface area contributed by atoms with Crippen LogP contribution in [-0.4, -0.2) is 44.3 Å². The monoisotopic (exact) mass is 300 g/mol. The van der Waals surface area contributed by atoms with Gasteiger partial charge in [-0.1, -0.05) is 26.2 Å². The molecule has 0 aromatic heterocycles. The van der Waals surface area contributed by atoms with Crippen LogP contribution in [0.1, 0.15) is 53.4 Å². The van der Waals surface area contributed by atoms with E-state index in [9.17, 15) is 4.79 Å². The van der Waals surface area contributed by atoms with E-state index in [1.165, 1.54) is 19.3 Å². The highest BCUT2D eigenvalue weighted by Gasteiger charge is 2.15. The highest BCUT2D eigenvalue weighted by Crippen LogP contribution is 2.05. The Bertz CT molecular complexity index is 311. The van der Waals surface area contributed by atoms with Gasteiger partial charge in [0.1, 0.15) is 5.60 Å². The number of aliphatic imine (C=N–C) groups is 1. The van der Waals surface area contributed by atoms with Crippen molar-refractivity contribution in [3.8, 4) is 0 Å². The summed E-state index contributed by atoms with van der Waals surface area (Å²) in [6.45, 7) is 9.74. The average molecular weight is 300 g/mol. The summed E-state index contributed by atoms with van der Waals surface area (Å²) in [7, 11) is 1.74. The first-order chi connectivity index (χ1) is 9.89. The molecule has 0 spiro atoms. The van der Waals surface area contributed by atoms with E-state index in [1.807, 2.05) is 20.8 Å². The number of ether oxygens (including phenoxy) is 1. The largest absolute Gasteiger partial charge is 0.444 e. The maximum Gasteiger partial charge on any atom is 0.407 e. The summed E-state index contributed by atoms with van der Waals surface area (Å²) in [5, 5.41) is 9.09. The van der Waals surface area contributed by atoms with Gasteiger partial charge in [0.2, 0.25) is 0 Å². The summed E-state index contributed by atoms with van der Waals surface area (Å²) in [5.41, 5.74) is -0.465. The molecule has 0 fully saturated rings. The van der Waals surface area contributed by atoms with Gasteiger partial charge in [0.05, 0.1) is 0 Å². The van der Waals surface area contributed by atoms with Crippen molar-refractivity contribution in [3.63, 3.8) is 0 Å². The molecule has 0 bridgehead atoms. The van der Waals surface area contributed by atoms with E-state index in [4.69, 9.17) is 4.74 Å². The zero-order valence-electron chi connectivity index (χ0n) is 14.2. The highest BCUT2D eigenvalue weighted by atomic mass is 16.6. The first kappa shape index (κ1) is 19.5. The molecule has 0 heterocycles. The van der Waals surface area contributed by atoms with Crippen molar-refractivity contribution in [2.45, 2.75) is 59.0 Å². The molecule has 0 aromatic carbocycles. The zero-order chi connectivity index (χ0) is 16.1. The fourth-order valence-corrected chi connectivity index (χ4v) is 1.64. The number of carbonyl (C=O) groups is 1.